The van der Waals surface area contributed by atoms with Crippen molar-refractivity contribution in [3.05, 3.63) is 33.1 Å². The number of rotatable bonds is 5. The third-order valence-corrected chi connectivity index (χ3v) is 3.47. The van der Waals surface area contributed by atoms with Gasteiger partial charge in [-0.1, -0.05) is 0 Å². The van der Waals surface area contributed by atoms with Crippen LogP contribution in [0.25, 0.3) is 0 Å². The highest BCUT2D eigenvalue weighted by molar-refractivity contribution is 5.67. The van der Waals surface area contributed by atoms with Crippen molar-refractivity contribution < 1.29 is 33.3 Å². The van der Waals surface area contributed by atoms with Crippen LogP contribution in [0.3, 0.4) is 0 Å². The third kappa shape index (κ3) is 4.57. The molecule has 26 heavy (non-hydrogen) atoms. The summed E-state index contributed by atoms with van der Waals surface area (Å²) in [7, 11) is 0. The Morgan fingerprint density at radius 2 is 1.69 bits per heavy atom. The number of carbonyl (C=O) groups is 3. The Morgan fingerprint density at radius 1 is 1.08 bits per heavy atom. The van der Waals surface area contributed by atoms with E-state index in [2.05, 4.69) is 0 Å². The number of hydrogen-bond acceptors (Lipinski definition) is 9. The Bertz CT molecular complexity index is 812. The van der Waals surface area contributed by atoms with E-state index in [1.165, 1.54) is 6.92 Å². The van der Waals surface area contributed by atoms with Gasteiger partial charge in [-0.15, -0.1) is 0 Å². The zero-order chi connectivity index (χ0) is 19.4. The second-order valence-electron chi connectivity index (χ2n) is 5.53. The zero-order valence-corrected chi connectivity index (χ0v) is 14.3. The molecule has 2 heterocycles. The number of hydrogen-bond donors (Lipinski definition) is 1. The van der Waals surface area contributed by atoms with Gasteiger partial charge in [-0.05, 0) is 0 Å². The van der Waals surface area contributed by atoms with Crippen LogP contribution in [0, 0.1) is 0 Å². The molecule has 11 nitrogen and oxygen atoms in total. The number of nitrogens with one attached hydrogen (secondary N) is 1. The predicted molar refractivity (Wildman–Crippen MR) is 83.0 cm³/mol. The second-order valence-corrected chi connectivity index (χ2v) is 5.53. The van der Waals surface area contributed by atoms with E-state index < -0.39 is 53.7 Å². The maximum absolute atomic E-state index is 12.1. The Balaban J connectivity index is 2.41. The maximum atomic E-state index is 12.1. The Labute approximate surface area is 146 Å². The quantitative estimate of drug-likeness (QED) is 0.502. The fourth-order valence-corrected chi connectivity index (χ4v) is 2.54. The third-order valence-electron chi connectivity index (χ3n) is 3.47. The highest BCUT2D eigenvalue weighted by Gasteiger charge is 2.50. The van der Waals surface area contributed by atoms with Gasteiger partial charge in [0.1, 0.15) is 12.7 Å². The number of aromatic amines is 1. The van der Waals surface area contributed by atoms with Crippen LogP contribution >= 0.6 is 0 Å². The summed E-state index contributed by atoms with van der Waals surface area (Å²) in [4.78, 5) is 59.3. The van der Waals surface area contributed by atoms with Crippen molar-refractivity contribution in [2.24, 2.45) is 0 Å². The van der Waals surface area contributed by atoms with Gasteiger partial charge in [-0.3, -0.25) is 28.7 Å². The highest BCUT2D eigenvalue weighted by atomic mass is 16.7. The van der Waals surface area contributed by atoms with Gasteiger partial charge in [0, 0.05) is 33.0 Å². The number of aromatic nitrogens is 2. The molecule has 1 aromatic rings. The van der Waals surface area contributed by atoms with Crippen molar-refractivity contribution in [1.29, 1.82) is 0 Å². The molecule has 0 bridgehead atoms. The van der Waals surface area contributed by atoms with Crippen LogP contribution in [0.4, 0.5) is 0 Å². The van der Waals surface area contributed by atoms with Crippen LogP contribution in [0.1, 0.15) is 27.0 Å². The van der Waals surface area contributed by atoms with E-state index in [1.54, 1.807) is 0 Å². The van der Waals surface area contributed by atoms with E-state index in [9.17, 15) is 24.0 Å². The summed E-state index contributed by atoms with van der Waals surface area (Å²) >= 11 is 0. The summed E-state index contributed by atoms with van der Waals surface area (Å²) in [5.41, 5.74) is -1.43. The molecule has 1 aliphatic heterocycles. The molecule has 0 unspecified atom stereocenters. The molecule has 11 heteroatoms. The Hall–Kier alpha value is -2.95. The minimum atomic E-state index is -1.20. The lowest BCUT2D eigenvalue weighted by Crippen LogP contribution is -2.42. The van der Waals surface area contributed by atoms with Gasteiger partial charge in [0.05, 0.1) is 0 Å². The van der Waals surface area contributed by atoms with Crippen molar-refractivity contribution in [3.8, 4) is 0 Å². The minimum absolute atomic E-state index is 0.292. The first-order valence-electron chi connectivity index (χ1n) is 7.63. The van der Waals surface area contributed by atoms with Gasteiger partial charge in [0.25, 0.3) is 5.56 Å². The summed E-state index contributed by atoms with van der Waals surface area (Å²) in [5, 5.41) is 0. The minimum Gasteiger partial charge on any atom is -0.463 e. The Kier molecular flexibility index (Phi) is 5.93. The number of ether oxygens (including phenoxy) is 4. The lowest BCUT2D eigenvalue weighted by atomic mass is 10.1. The van der Waals surface area contributed by atoms with Crippen LogP contribution in [-0.2, 0) is 33.3 Å². The molecule has 1 saturated heterocycles. The number of nitrogens with zero attached hydrogens (tertiary/aromatic N) is 1. The molecule has 1 aromatic heterocycles. The molecule has 142 valence electrons. The molecule has 4 atom stereocenters. The van der Waals surface area contributed by atoms with Crippen LogP contribution in [0.2, 0.25) is 0 Å². The molecule has 1 fully saturated rings. The van der Waals surface area contributed by atoms with E-state index in [4.69, 9.17) is 18.9 Å². The molecule has 1 aliphatic rings. The van der Waals surface area contributed by atoms with Gasteiger partial charge in [0.15, 0.2) is 18.4 Å². The van der Waals surface area contributed by atoms with E-state index in [-0.39, 0.29) is 6.61 Å². The first kappa shape index (κ1) is 19.4. The molecule has 2 rings (SSSR count). The molecule has 0 spiro atoms. The molecule has 0 aromatic carbocycles. The molecule has 0 amide bonds. The topological polar surface area (TPSA) is 143 Å². The largest absolute Gasteiger partial charge is 0.463 e. The van der Waals surface area contributed by atoms with Crippen molar-refractivity contribution in [2.75, 3.05) is 6.61 Å². The normalized spacial score (nSPS) is 24.7. The van der Waals surface area contributed by atoms with Gasteiger partial charge >= 0.3 is 23.6 Å². The first-order chi connectivity index (χ1) is 12.2. The van der Waals surface area contributed by atoms with E-state index >= 15 is 0 Å². The van der Waals surface area contributed by atoms with Crippen molar-refractivity contribution in [2.45, 2.75) is 45.3 Å². The summed E-state index contributed by atoms with van der Waals surface area (Å²) < 4.78 is 21.9. The molecular weight excluding hydrogens is 352 g/mol. The SMILES string of the molecule is CC(=O)OC[C@H]1O[C@@H](n2ccc(=O)[nH]c2=O)[C@H](OC(C)=O)[C@@H]1OC(C)=O. The second kappa shape index (κ2) is 7.95. The molecule has 1 N–H and O–H groups in total. The average molecular weight is 370 g/mol. The smallest absolute Gasteiger partial charge is 0.330 e. The van der Waals surface area contributed by atoms with Gasteiger partial charge in [-0.2, -0.15) is 0 Å². The van der Waals surface area contributed by atoms with E-state index in [1.807, 2.05) is 4.98 Å². The molecule has 0 radical (unpaired) electrons. The van der Waals surface area contributed by atoms with Crippen molar-refractivity contribution in [1.82, 2.24) is 9.55 Å². The predicted octanol–water partition coefficient (Wildman–Crippen LogP) is -1.14. The summed E-state index contributed by atoms with van der Waals surface area (Å²) in [6.45, 7) is 3.17. The number of esters is 3. The molecule has 0 saturated carbocycles. The zero-order valence-electron chi connectivity index (χ0n) is 14.3. The highest BCUT2D eigenvalue weighted by Crippen LogP contribution is 2.33. The monoisotopic (exact) mass is 370 g/mol. The van der Waals surface area contributed by atoms with Gasteiger partial charge in [0.2, 0.25) is 0 Å². The molecule has 0 aliphatic carbocycles. The Morgan fingerprint density at radius 3 is 2.23 bits per heavy atom. The summed E-state index contributed by atoms with van der Waals surface area (Å²) in [6, 6.07) is 1.08. The van der Waals surface area contributed by atoms with Crippen LogP contribution < -0.4 is 11.2 Å². The molecular formula is C15H18N2O9. The number of carbonyl (C=O) groups excluding carboxylic acids is 3. The van der Waals surface area contributed by atoms with Crippen LogP contribution in [-0.4, -0.2) is 52.4 Å². The van der Waals surface area contributed by atoms with Crippen LogP contribution in [0.15, 0.2) is 21.9 Å². The lowest BCUT2D eigenvalue weighted by molar-refractivity contribution is -0.166. The van der Waals surface area contributed by atoms with E-state index in [0.717, 1.165) is 30.7 Å². The fraction of sp³-hybridized carbons (Fsp3) is 0.533. The standard InChI is InChI=1S/C15H18N2O9/c1-7(18)23-6-10-12(24-8(2)19)13(25-9(3)20)14(26-10)17-5-4-11(21)16-15(17)22/h4-5,10,12-14H,6H2,1-3H3,(H,16,21,22)/t10-,12-,13-,14-/m1/s1. The van der Waals surface area contributed by atoms with Crippen molar-refractivity contribution in [3.63, 3.8) is 0 Å². The maximum Gasteiger partial charge on any atom is 0.330 e. The average Bonchev–Trinajstić information content (AvgIpc) is 2.82. The lowest BCUT2D eigenvalue weighted by Gasteiger charge is -2.23. The number of H-pyrrole nitrogens is 1. The van der Waals surface area contributed by atoms with E-state index in [0.29, 0.717) is 0 Å². The fourth-order valence-electron chi connectivity index (χ4n) is 2.54. The van der Waals surface area contributed by atoms with Gasteiger partial charge < -0.3 is 18.9 Å². The van der Waals surface area contributed by atoms with Crippen LogP contribution in [0.5, 0.6) is 0 Å². The summed E-state index contributed by atoms with van der Waals surface area (Å²) in [5.74, 6) is -1.98. The summed E-state index contributed by atoms with van der Waals surface area (Å²) in [6.07, 6.45) is -3.36. The van der Waals surface area contributed by atoms with Crippen molar-refractivity contribution >= 4 is 17.9 Å². The van der Waals surface area contributed by atoms with Gasteiger partial charge in [-0.25, -0.2) is 4.79 Å². The first-order valence-corrected chi connectivity index (χ1v) is 7.63.